The molecule has 1 saturated heterocycles. The second kappa shape index (κ2) is 9.62. The van der Waals surface area contributed by atoms with Crippen molar-refractivity contribution in [3.05, 3.63) is 57.0 Å². The number of nitrogens with one attached hydrogen (secondary N) is 2. The Morgan fingerprint density at radius 3 is 2.67 bits per heavy atom. The molecule has 0 radical (unpaired) electrons. The van der Waals surface area contributed by atoms with E-state index in [1.54, 1.807) is 23.1 Å². The average Bonchev–Trinajstić information content (AvgIpc) is 3.10. The Kier molecular flexibility index (Phi) is 7.15. The molecule has 1 heterocycles. The van der Waals surface area contributed by atoms with Crippen LogP contribution < -0.4 is 15.5 Å². The van der Waals surface area contributed by atoms with E-state index in [-0.39, 0.29) is 29.2 Å². The van der Waals surface area contributed by atoms with E-state index in [9.17, 15) is 14.4 Å². The summed E-state index contributed by atoms with van der Waals surface area (Å²) in [5, 5.41) is 5.84. The Bertz CT molecular complexity index is 996. The van der Waals surface area contributed by atoms with Crippen LogP contribution in [0.5, 0.6) is 0 Å². The number of rotatable bonds is 6. The molecule has 1 aliphatic heterocycles. The van der Waals surface area contributed by atoms with E-state index in [0.717, 1.165) is 22.1 Å². The minimum atomic E-state index is -0.465. The summed E-state index contributed by atoms with van der Waals surface area (Å²) in [7, 11) is 0. The Balaban J connectivity index is 1.66. The second-order valence-electron chi connectivity index (χ2n) is 7.28. The van der Waals surface area contributed by atoms with Crippen molar-refractivity contribution in [1.29, 1.82) is 0 Å². The van der Waals surface area contributed by atoms with E-state index in [1.165, 1.54) is 0 Å². The Morgan fingerprint density at radius 2 is 2.00 bits per heavy atom. The number of hydrogen-bond donors (Lipinski definition) is 2. The van der Waals surface area contributed by atoms with Gasteiger partial charge in [-0.2, -0.15) is 0 Å². The molecule has 1 aliphatic rings. The van der Waals surface area contributed by atoms with Gasteiger partial charge in [0.25, 0.3) is 5.91 Å². The molecular weight excluding hydrogens is 470 g/mol. The fraction of sp³-hybridized carbons (Fsp3) is 0.318. The summed E-state index contributed by atoms with van der Waals surface area (Å²) in [6.45, 7) is 4.80. The van der Waals surface area contributed by atoms with Crippen molar-refractivity contribution >= 4 is 56.6 Å². The zero-order valence-corrected chi connectivity index (χ0v) is 19.1. The molecule has 0 aliphatic carbocycles. The van der Waals surface area contributed by atoms with Gasteiger partial charge in [0.15, 0.2) is 0 Å². The van der Waals surface area contributed by atoms with Crippen LogP contribution >= 0.6 is 27.5 Å². The molecule has 158 valence electrons. The summed E-state index contributed by atoms with van der Waals surface area (Å²) in [5.41, 5.74) is 2.64. The first kappa shape index (κ1) is 22.3. The number of amides is 3. The standard InChI is InChI=1S/C22H23BrClN3O3/c1-3-8-25-22(30)17-6-4-15(11-19(17)24)26-21(29)14-10-20(28)27(12-14)16-5-7-18(23)13(2)9-16/h4-7,9,11,14H,3,8,10,12H2,1-2H3,(H,25,30)(H,26,29). The lowest BCUT2D eigenvalue weighted by Crippen LogP contribution is -2.28. The maximum Gasteiger partial charge on any atom is 0.252 e. The minimum absolute atomic E-state index is 0.0853. The SMILES string of the molecule is CCCNC(=O)c1ccc(NC(=O)C2CC(=O)N(c3ccc(Br)c(C)c3)C2)cc1Cl. The monoisotopic (exact) mass is 491 g/mol. The van der Waals surface area contributed by atoms with Crippen LogP contribution in [0.25, 0.3) is 0 Å². The number of carbonyl (C=O) groups is 3. The smallest absolute Gasteiger partial charge is 0.252 e. The van der Waals surface area contributed by atoms with Gasteiger partial charge in [-0.25, -0.2) is 0 Å². The van der Waals surface area contributed by atoms with Gasteiger partial charge in [-0.3, -0.25) is 14.4 Å². The summed E-state index contributed by atoms with van der Waals surface area (Å²) in [6.07, 6.45) is 0.973. The van der Waals surface area contributed by atoms with E-state index < -0.39 is 5.92 Å². The molecule has 0 bridgehead atoms. The molecule has 2 N–H and O–H groups in total. The van der Waals surface area contributed by atoms with Crippen molar-refractivity contribution < 1.29 is 14.4 Å². The molecule has 1 unspecified atom stereocenters. The summed E-state index contributed by atoms with van der Waals surface area (Å²) in [5.74, 6) is -1.05. The van der Waals surface area contributed by atoms with E-state index in [4.69, 9.17) is 11.6 Å². The lowest BCUT2D eigenvalue weighted by atomic mass is 10.1. The third-order valence-corrected chi connectivity index (χ3v) is 6.17. The molecule has 8 heteroatoms. The van der Waals surface area contributed by atoms with Gasteiger partial charge in [-0.05, 0) is 55.3 Å². The minimum Gasteiger partial charge on any atom is -0.352 e. The van der Waals surface area contributed by atoms with Crippen molar-refractivity contribution in [3.63, 3.8) is 0 Å². The first-order valence-corrected chi connectivity index (χ1v) is 10.9. The van der Waals surface area contributed by atoms with Crippen LogP contribution in [0, 0.1) is 12.8 Å². The lowest BCUT2D eigenvalue weighted by Gasteiger charge is -2.18. The van der Waals surface area contributed by atoms with Crippen LogP contribution in [0.1, 0.15) is 35.7 Å². The predicted molar refractivity (Wildman–Crippen MR) is 122 cm³/mol. The van der Waals surface area contributed by atoms with Crippen LogP contribution in [-0.2, 0) is 9.59 Å². The van der Waals surface area contributed by atoms with Crippen molar-refractivity contribution in [2.24, 2.45) is 5.92 Å². The molecular formula is C22H23BrClN3O3. The maximum atomic E-state index is 12.7. The molecule has 0 saturated carbocycles. The fourth-order valence-corrected chi connectivity index (χ4v) is 3.80. The highest BCUT2D eigenvalue weighted by Gasteiger charge is 2.35. The van der Waals surface area contributed by atoms with Crippen LogP contribution in [-0.4, -0.2) is 30.8 Å². The molecule has 2 aromatic carbocycles. The number of aryl methyl sites for hydroxylation is 1. The van der Waals surface area contributed by atoms with Gasteiger partial charge in [-0.1, -0.05) is 34.5 Å². The third kappa shape index (κ3) is 5.02. The Morgan fingerprint density at radius 1 is 1.23 bits per heavy atom. The first-order chi connectivity index (χ1) is 14.3. The summed E-state index contributed by atoms with van der Waals surface area (Å²) in [4.78, 5) is 38.9. The normalized spacial score (nSPS) is 15.9. The molecule has 2 aromatic rings. The maximum absolute atomic E-state index is 12.7. The molecule has 1 fully saturated rings. The van der Waals surface area contributed by atoms with Crippen LogP contribution in [0.15, 0.2) is 40.9 Å². The van der Waals surface area contributed by atoms with Gasteiger partial charge in [0, 0.05) is 35.4 Å². The van der Waals surface area contributed by atoms with Gasteiger partial charge in [0.2, 0.25) is 11.8 Å². The number of benzene rings is 2. The first-order valence-electron chi connectivity index (χ1n) is 9.75. The van der Waals surface area contributed by atoms with Crippen LogP contribution in [0.4, 0.5) is 11.4 Å². The molecule has 1 atom stereocenters. The van der Waals surface area contributed by atoms with E-state index in [2.05, 4.69) is 26.6 Å². The molecule has 3 amide bonds. The van der Waals surface area contributed by atoms with E-state index in [1.807, 2.05) is 32.0 Å². The van der Waals surface area contributed by atoms with Gasteiger partial charge < -0.3 is 15.5 Å². The highest BCUT2D eigenvalue weighted by Crippen LogP contribution is 2.29. The largest absolute Gasteiger partial charge is 0.352 e. The second-order valence-corrected chi connectivity index (χ2v) is 8.54. The highest BCUT2D eigenvalue weighted by molar-refractivity contribution is 9.10. The number of halogens is 2. The Hall–Kier alpha value is -2.38. The highest BCUT2D eigenvalue weighted by atomic mass is 79.9. The van der Waals surface area contributed by atoms with E-state index >= 15 is 0 Å². The van der Waals surface area contributed by atoms with Gasteiger partial charge in [-0.15, -0.1) is 0 Å². The zero-order valence-electron chi connectivity index (χ0n) is 16.8. The number of anilines is 2. The molecule has 6 nitrogen and oxygen atoms in total. The average molecular weight is 493 g/mol. The van der Waals surface area contributed by atoms with Gasteiger partial charge >= 0.3 is 0 Å². The van der Waals surface area contributed by atoms with Crippen LogP contribution in [0.3, 0.4) is 0 Å². The fourth-order valence-electron chi connectivity index (χ4n) is 3.28. The third-order valence-electron chi connectivity index (χ3n) is 4.97. The van der Waals surface area contributed by atoms with Gasteiger partial charge in [0.1, 0.15) is 0 Å². The quantitative estimate of drug-likeness (QED) is 0.621. The van der Waals surface area contributed by atoms with Crippen molar-refractivity contribution in [2.75, 3.05) is 23.3 Å². The molecule has 0 aromatic heterocycles. The topological polar surface area (TPSA) is 78.5 Å². The molecule has 30 heavy (non-hydrogen) atoms. The number of nitrogens with zero attached hydrogens (tertiary/aromatic N) is 1. The summed E-state index contributed by atoms with van der Waals surface area (Å²) < 4.78 is 0.968. The van der Waals surface area contributed by atoms with Gasteiger partial charge in [0.05, 0.1) is 16.5 Å². The lowest BCUT2D eigenvalue weighted by molar-refractivity contribution is -0.122. The summed E-state index contributed by atoms with van der Waals surface area (Å²) in [6, 6.07) is 10.4. The zero-order chi connectivity index (χ0) is 21.8. The Labute approximate surface area is 189 Å². The predicted octanol–water partition coefficient (Wildman–Crippen LogP) is 4.54. The molecule has 3 rings (SSSR count). The van der Waals surface area contributed by atoms with Crippen LogP contribution in [0.2, 0.25) is 5.02 Å². The summed E-state index contributed by atoms with van der Waals surface area (Å²) >= 11 is 9.68. The van der Waals surface area contributed by atoms with Crippen molar-refractivity contribution in [1.82, 2.24) is 5.32 Å². The van der Waals surface area contributed by atoms with E-state index in [0.29, 0.717) is 24.3 Å². The number of carbonyl (C=O) groups excluding carboxylic acids is 3. The van der Waals surface area contributed by atoms with Crippen molar-refractivity contribution in [3.8, 4) is 0 Å². The molecule has 0 spiro atoms. The van der Waals surface area contributed by atoms with Crippen molar-refractivity contribution in [2.45, 2.75) is 26.7 Å². The number of hydrogen-bond acceptors (Lipinski definition) is 3.